The minimum atomic E-state index is -4.15. The van der Waals surface area contributed by atoms with Crippen LogP contribution in [0.1, 0.15) is 42.5 Å². The van der Waals surface area contributed by atoms with Crippen LogP contribution in [-0.4, -0.2) is 36.5 Å². The molecule has 1 aromatic heterocycles. The normalized spacial score (nSPS) is 11.4. The van der Waals surface area contributed by atoms with Crippen molar-refractivity contribution in [2.75, 3.05) is 6.61 Å². The second-order valence-corrected chi connectivity index (χ2v) is 10.00. The fraction of sp³-hybridized carbons (Fsp3) is 0.222. The van der Waals surface area contributed by atoms with Crippen LogP contribution in [0.3, 0.4) is 0 Å². The Hall–Kier alpha value is -3.98. The minimum absolute atomic E-state index is 0.0183. The van der Waals surface area contributed by atoms with E-state index in [1.807, 2.05) is 53.5 Å². The van der Waals surface area contributed by atoms with E-state index in [1.54, 1.807) is 31.2 Å². The van der Waals surface area contributed by atoms with Gasteiger partial charge in [-0.15, -0.1) is 0 Å². The monoisotopic (exact) mass is 505 g/mol. The van der Waals surface area contributed by atoms with Crippen LogP contribution in [0.15, 0.2) is 65.6 Å². The Morgan fingerprint density at radius 2 is 1.72 bits per heavy atom. The average Bonchev–Trinajstić information content (AvgIpc) is 3.21. The Labute approximate surface area is 210 Å². The molecule has 3 aromatic carbocycles. The summed E-state index contributed by atoms with van der Waals surface area (Å²) in [5.41, 5.74) is 5.09. The number of sulfonamides is 1. The maximum atomic E-state index is 12.9. The summed E-state index contributed by atoms with van der Waals surface area (Å²) in [7, 11) is -4.15. The SMILES string of the molecule is CCOC(=O)NS(=O)(=O)c1ccc(C)cc1-c1ccc(-n2c(CC)nc3cc(C(C)=O)ccc32)cc1. The predicted octanol–water partition coefficient (Wildman–Crippen LogP) is 5.20. The number of carbonyl (C=O) groups excluding carboxylic acids is 2. The van der Waals surface area contributed by atoms with Crippen molar-refractivity contribution in [1.82, 2.24) is 14.3 Å². The molecule has 1 N–H and O–H groups in total. The molecule has 36 heavy (non-hydrogen) atoms. The Morgan fingerprint density at radius 3 is 2.36 bits per heavy atom. The topological polar surface area (TPSA) is 107 Å². The first-order valence-electron chi connectivity index (χ1n) is 11.6. The molecular formula is C27H27N3O5S. The number of hydrogen-bond acceptors (Lipinski definition) is 6. The summed E-state index contributed by atoms with van der Waals surface area (Å²) in [5, 5.41) is 0. The van der Waals surface area contributed by atoms with Gasteiger partial charge in [-0.1, -0.05) is 36.8 Å². The van der Waals surface area contributed by atoms with Crippen LogP contribution in [0.5, 0.6) is 0 Å². The van der Waals surface area contributed by atoms with Gasteiger partial charge < -0.3 is 4.74 Å². The molecule has 186 valence electrons. The van der Waals surface area contributed by atoms with Crippen molar-refractivity contribution in [1.29, 1.82) is 0 Å². The third-order valence-corrected chi connectivity index (χ3v) is 7.17. The Bertz CT molecular complexity index is 1570. The zero-order valence-corrected chi connectivity index (χ0v) is 21.3. The van der Waals surface area contributed by atoms with E-state index in [1.165, 1.54) is 13.0 Å². The van der Waals surface area contributed by atoms with E-state index < -0.39 is 16.1 Å². The van der Waals surface area contributed by atoms with Gasteiger partial charge >= 0.3 is 6.09 Å². The van der Waals surface area contributed by atoms with Crippen molar-refractivity contribution in [3.05, 3.63) is 77.6 Å². The van der Waals surface area contributed by atoms with E-state index in [2.05, 4.69) is 0 Å². The number of imidazole rings is 1. The summed E-state index contributed by atoms with van der Waals surface area (Å²) in [4.78, 5) is 28.3. The van der Waals surface area contributed by atoms with Crippen LogP contribution in [0.25, 0.3) is 27.8 Å². The van der Waals surface area contributed by atoms with Crippen molar-refractivity contribution >= 4 is 32.9 Å². The van der Waals surface area contributed by atoms with Gasteiger partial charge in [0.05, 0.1) is 22.5 Å². The number of nitrogens with one attached hydrogen (secondary N) is 1. The number of ketones is 1. The van der Waals surface area contributed by atoms with Crippen LogP contribution in [-0.2, 0) is 21.2 Å². The highest BCUT2D eigenvalue weighted by Gasteiger charge is 2.23. The molecule has 0 fully saturated rings. The number of rotatable bonds is 7. The van der Waals surface area contributed by atoms with Crippen LogP contribution in [0.4, 0.5) is 4.79 Å². The number of aromatic nitrogens is 2. The van der Waals surface area contributed by atoms with Gasteiger partial charge in [0.1, 0.15) is 5.82 Å². The van der Waals surface area contributed by atoms with Crippen LogP contribution in [0.2, 0.25) is 0 Å². The Morgan fingerprint density at radius 1 is 1.00 bits per heavy atom. The lowest BCUT2D eigenvalue weighted by Crippen LogP contribution is -2.31. The van der Waals surface area contributed by atoms with E-state index in [9.17, 15) is 18.0 Å². The Balaban J connectivity index is 1.77. The molecule has 0 aliphatic rings. The molecule has 0 radical (unpaired) electrons. The maximum absolute atomic E-state index is 12.9. The van der Waals surface area contributed by atoms with Crippen molar-refractivity contribution in [3.63, 3.8) is 0 Å². The second kappa shape index (κ2) is 9.94. The van der Waals surface area contributed by atoms with Crippen molar-refractivity contribution < 1.29 is 22.7 Å². The van der Waals surface area contributed by atoms with Gasteiger partial charge in [-0.25, -0.2) is 22.9 Å². The first kappa shape index (κ1) is 25.1. The number of benzene rings is 3. The highest BCUT2D eigenvalue weighted by molar-refractivity contribution is 7.90. The molecule has 0 aliphatic heterocycles. The third kappa shape index (κ3) is 4.87. The minimum Gasteiger partial charge on any atom is -0.449 e. The molecule has 0 saturated heterocycles. The van der Waals surface area contributed by atoms with Gasteiger partial charge in [0.15, 0.2) is 5.78 Å². The first-order chi connectivity index (χ1) is 17.1. The number of carbonyl (C=O) groups is 2. The number of amides is 1. The molecule has 0 saturated carbocycles. The fourth-order valence-electron chi connectivity index (χ4n) is 4.09. The van der Waals surface area contributed by atoms with E-state index in [-0.39, 0.29) is 17.3 Å². The largest absolute Gasteiger partial charge is 0.449 e. The van der Waals surface area contributed by atoms with E-state index in [0.29, 0.717) is 23.1 Å². The summed E-state index contributed by atoms with van der Waals surface area (Å²) in [5.74, 6) is 0.825. The quantitative estimate of drug-likeness (QED) is 0.346. The molecule has 1 amide bonds. The summed E-state index contributed by atoms with van der Waals surface area (Å²) in [6.07, 6.45) is -0.336. The van der Waals surface area contributed by atoms with Gasteiger partial charge in [-0.3, -0.25) is 9.36 Å². The lowest BCUT2D eigenvalue weighted by molar-refractivity contribution is 0.101. The number of Topliss-reactive ketones (excluding diaryl/α,β-unsaturated/α-hetero) is 1. The Kier molecular flexibility index (Phi) is 6.94. The van der Waals surface area contributed by atoms with Gasteiger partial charge in [0, 0.05) is 23.2 Å². The molecule has 0 aliphatic carbocycles. The fourth-order valence-corrected chi connectivity index (χ4v) is 5.20. The molecule has 0 unspecified atom stereocenters. The second-order valence-electron chi connectivity index (χ2n) is 8.35. The van der Waals surface area contributed by atoms with Crippen molar-refractivity contribution in [3.8, 4) is 16.8 Å². The number of ether oxygens (including phenoxy) is 1. The van der Waals surface area contributed by atoms with Crippen molar-refractivity contribution in [2.45, 2.75) is 39.0 Å². The van der Waals surface area contributed by atoms with Crippen molar-refractivity contribution in [2.24, 2.45) is 0 Å². The number of nitrogens with zero attached hydrogens (tertiary/aromatic N) is 2. The van der Waals surface area contributed by atoms with E-state index in [0.717, 1.165) is 28.1 Å². The molecule has 4 aromatic rings. The number of fused-ring (bicyclic) bond motifs is 1. The lowest BCUT2D eigenvalue weighted by Gasteiger charge is -2.14. The van der Waals surface area contributed by atoms with E-state index in [4.69, 9.17) is 9.72 Å². The molecule has 9 heteroatoms. The highest BCUT2D eigenvalue weighted by Crippen LogP contribution is 2.31. The first-order valence-corrected chi connectivity index (χ1v) is 13.1. The van der Waals surface area contributed by atoms with Gasteiger partial charge in [0.2, 0.25) is 0 Å². The van der Waals surface area contributed by atoms with E-state index >= 15 is 0 Å². The third-order valence-electron chi connectivity index (χ3n) is 5.80. The molecule has 8 nitrogen and oxygen atoms in total. The maximum Gasteiger partial charge on any atom is 0.421 e. The average molecular weight is 506 g/mol. The smallest absolute Gasteiger partial charge is 0.421 e. The van der Waals surface area contributed by atoms with Crippen LogP contribution >= 0.6 is 0 Å². The summed E-state index contributed by atoms with van der Waals surface area (Å²) in [6, 6.07) is 17.9. The lowest BCUT2D eigenvalue weighted by atomic mass is 10.0. The molecule has 0 spiro atoms. The number of aryl methyl sites for hydroxylation is 2. The zero-order valence-electron chi connectivity index (χ0n) is 20.5. The van der Waals surface area contributed by atoms with Crippen LogP contribution in [0, 0.1) is 6.92 Å². The molecule has 0 bridgehead atoms. The summed E-state index contributed by atoms with van der Waals surface area (Å²) >= 11 is 0. The standard InChI is InChI=1S/C27H27N3O5S/c1-5-26-28-23-16-20(18(4)31)10-13-24(23)30(26)21-11-8-19(9-12-21)22-15-17(3)7-14-25(22)36(33,34)29-27(32)35-6-2/h7-16H,5-6H2,1-4H3,(H,29,32). The molecule has 0 atom stereocenters. The molecular weight excluding hydrogens is 478 g/mol. The zero-order chi connectivity index (χ0) is 26.0. The van der Waals surface area contributed by atoms with Gasteiger partial charge in [0.25, 0.3) is 10.0 Å². The molecule has 4 rings (SSSR count). The van der Waals surface area contributed by atoms with Gasteiger partial charge in [-0.05, 0) is 62.7 Å². The summed E-state index contributed by atoms with van der Waals surface area (Å²) in [6.45, 7) is 7.06. The predicted molar refractivity (Wildman–Crippen MR) is 138 cm³/mol. The molecule has 1 heterocycles. The van der Waals surface area contributed by atoms with Crippen LogP contribution < -0.4 is 4.72 Å². The van der Waals surface area contributed by atoms with Gasteiger partial charge in [-0.2, -0.15) is 0 Å². The number of hydrogen-bond donors (Lipinski definition) is 1. The summed E-state index contributed by atoms with van der Waals surface area (Å²) < 4.78 is 34.6. The highest BCUT2D eigenvalue weighted by atomic mass is 32.2.